The molecule has 0 saturated carbocycles. The van der Waals surface area contributed by atoms with Crippen LogP contribution >= 0.6 is 0 Å². The molecule has 4 heteroatoms. The minimum absolute atomic E-state index is 0.0736. The minimum atomic E-state index is -0.352. The molecule has 2 aromatic rings. The number of primary amides is 1. The van der Waals surface area contributed by atoms with Gasteiger partial charge in [-0.25, -0.2) is 0 Å². The number of likely N-dealkylation sites (tertiary alicyclic amines) is 1. The van der Waals surface area contributed by atoms with Gasteiger partial charge in [0, 0.05) is 17.6 Å². The Morgan fingerprint density at radius 3 is 2.47 bits per heavy atom. The van der Waals surface area contributed by atoms with Crippen LogP contribution in [0.5, 0.6) is 0 Å². The van der Waals surface area contributed by atoms with Gasteiger partial charge in [-0.05, 0) is 85.3 Å². The molecule has 1 amide bonds. The van der Waals surface area contributed by atoms with Crippen LogP contribution in [-0.4, -0.2) is 36.0 Å². The van der Waals surface area contributed by atoms with Crippen molar-refractivity contribution in [3.63, 3.8) is 0 Å². The van der Waals surface area contributed by atoms with Crippen LogP contribution in [0.1, 0.15) is 60.2 Å². The molecular weight excluding hydrogens is 370 g/mol. The van der Waals surface area contributed by atoms with Gasteiger partial charge in [0.15, 0.2) is 0 Å². The van der Waals surface area contributed by atoms with Crippen LogP contribution in [0.15, 0.2) is 48.5 Å². The Labute approximate surface area is 180 Å². The number of carbonyl (C=O) groups excluding carboxylic acids is 1. The van der Waals surface area contributed by atoms with Crippen LogP contribution in [0.4, 0.5) is 0 Å². The number of fused-ring (bicyclic) bond motifs is 1. The highest BCUT2D eigenvalue weighted by molar-refractivity contribution is 5.92. The van der Waals surface area contributed by atoms with E-state index < -0.39 is 0 Å². The summed E-state index contributed by atoms with van der Waals surface area (Å²) < 4.78 is 0. The van der Waals surface area contributed by atoms with Gasteiger partial charge in [0.25, 0.3) is 0 Å². The molecule has 0 aromatic heterocycles. The Kier molecular flexibility index (Phi) is 5.73. The molecule has 2 aliphatic rings. The first kappa shape index (κ1) is 21.1. The van der Waals surface area contributed by atoms with Crippen LogP contribution < -0.4 is 11.5 Å². The van der Waals surface area contributed by atoms with Crippen molar-refractivity contribution in [2.75, 3.05) is 19.6 Å². The summed E-state index contributed by atoms with van der Waals surface area (Å²) in [4.78, 5) is 14.2. The summed E-state index contributed by atoms with van der Waals surface area (Å²) in [7, 11) is 0. The van der Waals surface area contributed by atoms with Gasteiger partial charge in [-0.1, -0.05) is 50.2 Å². The molecule has 1 saturated heterocycles. The van der Waals surface area contributed by atoms with Crippen molar-refractivity contribution in [3.8, 4) is 0 Å². The van der Waals surface area contributed by atoms with Crippen molar-refractivity contribution < 1.29 is 4.79 Å². The summed E-state index contributed by atoms with van der Waals surface area (Å²) in [5.74, 6) is 0.160. The van der Waals surface area contributed by atoms with Crippen molar-refractivity contribution in [2.45, 2.75) is 56.9 Å². The third kappa shape index (κ3) is 4.17. The molecule has 0 radical (unpaired) electrons. The summed E-state index contributed by atoms with van der Waals surface area (Å²) in [5, 5.41) is 0. The summed E-state index contributed by atoms with van der Waals surface area (Å²) in [6, 6.07) is 16.6. The second kappa shape index (κ2) is 8.16. The van der Waals surface area contributed by atoms with E-state index >= 15 is 0 Å². The molecule has 4 N–H and O–H groups in total. The number of rotatable bonds is 6. The molecule has 0 bridgehead atoms. The lowest BCUT2D eigenvalue weighted by molar-refractivity contribution is 0.0997. The van der Waals surface area contributed by atoms with E-state index in [-0.39, 0.29) is 16.9 Å². The third-order valence-electron chi connectivity index (χ3n) is 7.73. The number of hydrogen-bond acceptors (Lipinski definition) is 3. The van der Waals surface area contributed by atoms with E-state index in [0.717, 1.165) is 51.7 Å². The van der Waals surface area contributed by atoms with Crippen LogP contribution in [0.3, 0.4) is 0 Å². The number of piperidine rings is 1. The molecule has 0 unspecified atom stereocenters. The van der Waals surface area contributed by atoms with Gasteiger partial charge in [0.05, 0.1) is 0 Å². The zero-order valence-electron chi connectivity index (χ0n) is 18.4. The maximum Gasteiger partial charge on any atom is 0.248 e. The predicted molar refractivity (Wildman–Crippen MR) is 123 cm³/mol. The summed E-state index contributed by atoms with van der Waals surface area (Å²) in [5.41, 5.74) is 17.0. The zero-order valence-corrected chi connectivity index (χ0v) is 18.4. The first-order valence-electron chi connectivity index (χ1n) is 11.3. The number of hydrogen-bond donors (Lipinski definition) is 2. The molecule has 0 spiro atoms. The van der Waals surface area contributed by atoms with Gasteiger partial charge >= 0.3 is 0 Å². The molecule has 160 valence electrons. The summed E-state index contributed by atoms with van der Waals surface area (Å²) in [6.45, 7) is 7.94. The lowest BCUT2D eigenvalue weighted by Gasteiger charge is -2.45. The van der Waals surface area contributed by atoms with Gasteiger partial charge in [-0.3, -0.25) is 4.79 Å². The smallest absolute Gasteiger partial charge is 0.248 e. The van der Waals surface area contributed by atoms with Crippen molar-refractivity contribution in [3.05, 3.63) is 70.8 Å². The van der Waals surface area contributed by atoms with Crippen molar-refractivity contribution in [2.24, 2.45) is 17.4 Å². The van der Waals surface area contributed by atoms with Gasteiger partial charge in [-0.15, -0.1) is 0 Å². The molecule has 2 atom stereocenters. The normalized spacial score (nSPS) is 25.8. The first-order chi connectivity index (χ1) is 14.3. The number of nitrogens with two attached hydrogens (primary N) is 2. The Balaban J connectivity index is 1.32. The Morgan fingerprint density at radius 2 is 1.83 bits per heavy atom. The molecule has 2 aromatic carbocycles. The average molecular weight is 406 g/mol. The Bertz CT molecular complexity index is 899. The highest BCUT2D eigenvalue weighted by Gasteiger charge is 2.38. The van der Waals surface area contributed by atoms with Crippen molar-refractivity contribution >= 4 is 5.91 Å². The lowest BCUT2D eigenvalue weighted by Crippen LogP contribution is -2.48. The molecule has 1 fully saturated rings. The SMILES string of the molecule is C[C@H]1CN(CCCC2(N)Cc3ccccc3C2)CC[C@]1(C)c1cccc(C(N)=O)c1. The standard InChI is InChI=1S/C26H35N3O/c1-19-18-29(13-6-11-26(28)16-21-7-3-4-8-22(21)17-26)14-12-25(19,2)23-10-5-9-20(15-23)24(27)30/h3-5,7-10,15,19H,6,11-14,16-18,28H2,1-2H3,(H2,27,30)/t19-,25-/m0/s1. The fourth-order valence-corrected chi connectivity index (χ4v) is 5.53. The molecule has 30 heavy (non-hydrogen) atoms. The molecule has 1 aliphatic carbocycles. The van der Waals surface area contributed by atoms with E-state index in [0.29, 0.717) is 11.5 Å². The molecule has 1 heterocycles. The van der Waals surface area contributed by atoms with Crippen LogP contribution in [0.25, 0.3) is 0 Å². The van der Waals surface area contributed by atoms with Crippen molar-refractivity contribution in [1.29, 1.82) is 0 Å². The van der Waals surface area contributed by atoms with Gasteiger partial charge < -0.3 is 16.4 Å². The third-order valence-corrected chi connectivity index (χ3v) is 7.73. The number of nitrogens with zero attached hydrogens (tertiary/aromatic N) is 1. The fraction of sp³-hybridized carbons (Fsp3) is 0.500. The Hall–Kier alpha value is -2.17. The summed E-state index contributed by atoms with van der Waals surface area (Å²) >= 11 is 0. The van der Waals surface area contributed by atoms with E-state index in [1.54, 1.807) is 6.07 Å². The molecular formula is C26H35N3O. The highest BCUT2D eigenvalue weighted by atomic mass is 16.1. The van der Waals surface area contributed by atoms with E-state index in [1.807, 2.05) is 12.1 Å². The highest BCUT2D eigenvalue weighted by Crippen LogP contribution is 2.40. The fourth-order valence-electron chi connectivity index (χ4n) is 5.53. The second-order valence-corrected chi connectivity index (χ2v) is 9.90. The van der Waals surface area contributed by atoms with E-state index in [4.69, 9.17) is 11.5 Å². The van der Waals surface area contributed by atoms with E-state index in [9.17, 15) is 4.79 Å². The average Bonchev–Trinajstić information content (AvgIpc) is 3.07. The largest absolute Gasteiger partial charge is 0.366 e. The molecule has 4 rings (SSSR count). The lowest BCUT2D eigenvalue weighted by atomic mass is 9.68. The number of benzene rings is 2. The van der Waals surface area contributed by atoms with E-state index in [1.165, 1.54) is 16.7 Å². The van der Waals surface area contributed by atoms with Crippen LogP contribution in [0.2, 0.25) is 0 Å². The van der Waals surface area contributed by atoms with Crippen LogP contribution in [-0.2, 0) is 18.3 Å². The Morgan fingerprint density at radius 1 is 1.13 bits per heavy atom. The van der Waals surface area contributed by atoms with E-state index in [2.05, 4.69) is 49.1 Å². The number of carbonyl (C=O) groups is 1. The van der Waals surface area contributed by atoms with Crippen LogP contribution in [0, 0.1) is 5.92 Å². The first-order valence-corrected chi connectivity index (χ1v) is 11.3. The molecule has 4 nitrogen and oxygen atoms in total. The minimum Gasteiger partial charge on any atom is -0.366 e. The second-order valence-electron chi connectivity index (χ2n) is 9.90. The maximum atomic E-state index is 11.6. The number of amides is 1. The monoisotopic (exact) mass is 405 g/mol. The predicted octanol–water partition coefficient (Wildman–Crippen LogP) is 3.66. The van der Waals surface area contributed by atoms with Gasteiger partial charge in [0.2, 0.25) is 5.91 Å². The van der Waals surface area contributed by atoms with Gasteiger partial charge in [-0.2, -0.15) is 0 Å². The van der Waals surface area contributed by atoms with Gasteiger partial charge in [0.1, 0.15) is 0 Å². The molecule has 1 aliphatic heterocycles. The zero-order chi connectivity index (χ0) is 21.4. The quantitative estimate of drug-likeness (QED) is 0.770. The maximum absolute atomic E-state index is 11.6. The van der Waals surface area contributed by atoms with Crippen molar-refractivity contribution in [1.82, 2.24) is 4.90 Å². The summed E-state index contributed by atoms with van der Waals surface area (Å²) in [6.07, 6.45) is 5.33. The topological polar surface area (TPSA) is 72.3 Å².